The fourth-order valence-corrected chi connectivity index (χ4v) is 3.47. The molecule has 1 rings (SSSR count). The second-order valence-corrected chi connectivity index (χ2v) is 10.0. The van der Waals surface area contributed by atoms with Gasteiger partial charge in [-0.1, -0.05) is 0 Å². The molecule has 0 radical (unpaired) electrons. The quantitative estimate of drug-likeness (QED) is 0.326. The summed E-state index contributed by atoms with van der Waals surface area (Å²) in [6.07, 6.45) is -4.33. The van der Waals surface area contributed by atoms with Crippen LogP contribution in [-0.4, -0.2) is 78.1 Å². The van der Waals surface area contributed by atoms with Gasteiger partial charge in [-0.25, -0.2) is 4.21 Å². The third-order valence-electron chi connectivity index (χ3n) is 3.79. The Labute approximate surface area is 179 Å². The van der Waals surface area contributed by atoms with Gasteiger partial charge in [-0.3, -0.25) is 23.4 Å². The van der Waals surface area contributed by atoms with Crippen LogP contribution in [0, 0.1) is 0 Å². The Morgan fingerprint density at radius 3 is 1.73 bits per heavy atom. The number of esters is 4. The molecule has 0 aromatic heterocycles. The number of rotatable bonds is 9. The van der Waals surface area contributed by atoms with E-state index < -0.39 is 63.2 Å². The second kappa shape index (κ2) is 11.5. The van der Waals surface area contributed by atoms with Crippen molar-refractivity contribution in [2.75, 3.05) is 19.5 Å². The van der Waals surface area contributed by atoms with E-state index in [1.807, 2.05) is 0 Å². The third-order valence-corrected chi connectivity index (χ3v) is 4.67. The van der Waals surface area contributed by atoms with E-state index in [0.717, 1.165) is 20.8 Å². The van der Waals surface area contributed by atoms with Gasteiger partial charge in [0.2, 0.25) is 0 Å². The molecule has 13 heteroatoms. The van der Waals surface area contributed by atoms with Crippen LogP contribution in [0.5, 0.6) is 0 Å². The molecule has 1 saturated heterocycles. The van der Waals surface area contributed by atoms with Crippen molar-refractivity contribution < 1.29 is 51.3 Å². The molecule has 1 aliphatic heterocycles. The van der Waals surface area contributed by atoms with Gasteiger partial charge in [0.15, 0.2) is 18.3 Å². The Kier molecular flexibility index (Phi) is 10.1. The maximum absolute atomic E-state index is 11.7. The molecule has 172 valence electrons. The Balaban J connectivity index is 3.25. The van der Waals surface area contributed by atoms with E-state index in [0.29, 0.717) is 0 Å². The van der Waals surface area contributed by atoms with Gasteiger partial charge in [0.1, 0.15) is 27.6 Å². The molecule has 0 N–H and O–H groups in total. The molecule has 1 aliphatic rings. The molecule has 1 fully saturated rings. The summed E-state index contributed by atoms with van der Waals surface area (Å²) < 4.78 is 43.3. The molecule has 0 spiro atoms. The monoisotopic (exact) mass is 470 g/mol. The highest BCUT2D eigenvalue weighted by Crippen LogP contribution is 2.30. The van der Waals surface area contributed by atoms with E-state index in [4.69, 9.17) is 27.9 Å². The Morgan fingerprint density at radius 1 is 0.833 bits per heavy atom. The van der Waals surface area contributed by atoms with Gasteiger partial charge in [0.05, 0.1) is 6.61 Å². The predicted octanol–water partition coefficient (Wildman–Crippen LogP) is -0.190. The van der Waals surface area contributed by atoms with Crippen molar-refractivity contribution in [2.24, 2.45) is 0 Å². The fraction of sp³-hybridized carbons (Fsp3) is 0.765. The van der Waals surface area contributed by atoms with Crippen LogP contribution in [0.2, 0.25) is 0 Å². The molecule has 0 amide bonds. The summed E-state index contributed by atoms with van der Waals surface area (Å²) >= 11 is 4.69. The third kappa shape index (κ3) is 9.32. The standard InChI is InChI=1S/C17H26O11S2/c1-9(18)23-8-14-16(26-11(3)20)17(27-12(4)21)15(25-10(2)19)13(28-14)6-7-24-30(5,22)29/h13-17H,6-8H2,1-5H3/t13-,14-,15-,16-,17-,30?/m1/s1. The molecule has 0 aromatic rings. The minimum absolute atomic E-state index is 0.0422. The van der Waals surface area contributed by atoms with Crippen molar-refractivity contribution in [3.05, 3.63) is 0 Å². The SMILES string of the molecule is CC(=O)OC[C@H]1O[C@H](CCOS(C)(=O)=S)[C@@H](OC(C)=O)[C@@H](OC(C)=O)[C@@H]1OC(C)=O. The van der Waals surface area contributed by atoms with E-state index in [1.165, 1.54) is 13.2 Å². The van der Waals surface area contributed by atoms with E-state index in [9.17, 15) is 23.4 Å². The topological polar surface area (TPSA) is 141 Å². The average Bonchev–Trinajstić information content (AvgIpc) is 2.55. The lowest BCUT2D eigenvalue weighted by atomic mass is 9.92. The molecular formula is C17H26O11S2. The van der Waals surface area contributed by atoms with Crippen LogP contribution in [0.1, 0.15) is 34.1 Å². The van der Waals surface area contributed by atoms with Gasteiger partial charge >= 0.3 is 23.9 Å². The molecule has 11 nitrogen and oxygen atoms in total. The number of hydrogen-bond donors (Lipinski definition) is 0. The van der Waals surface area contributed by atoms with Crippen molar-refractivity contribution >= 4 is 43.8 Å². The number of carbonyl (C=O) groups is 4. The van der Waals surface area contributed by atoms with Crippen molar-refractivity contribution in [3.63, 3.8) is 0 Å². The summed E-state index contributed by atoms with van der Waals surface area (Å²) in [5.74, 6) is -2.74. The summed E-state index contributed by atoms with van der Waals surface area (Å²) in [6, 6.07) is 0. The smallest absolute Gasteiger partial charge is 0.303 e. The Bertz CT molecular complexity index is 749. The van der Waals surface area contributed by atoms with Gasteiger partial charge < -0.3 is 23.7 Å². The first-order valence-corrected chi connectivity index (χ1v) is 11.8. The zero-order chi connectivity index (χ0) is 23.1. The zero-order valence-corrected chi connectivity index (χ0v) is 18.9. The Hall–Kier alpha value is -1.83. The number of ether oxygens (including phenoxy) is 5. The van der Waals surface area contributed by atoms with Crippen molar-refractivity contribution in [3.8, 4) is 0 Å². The molecule has 0 aliphatic carbocycles. The van der Waals surface area contributed by atoms with Gasteiger partial charge in [-0.15, -0.1) is 0 Å². The van der Waals surface area contributed by atoms with E-state index in [-0.39, 0.29) is 19.6 Å². The molecule has 1 unspecified atom stereocenters. The van der Waals surface area contributed by atoms with Crippen molar-refractivity contribution in [1.82, 2.24) is 0 Å². The van der Waals surface area contributed by atoms with E-state index >= 15 is 0 Å². The zero-order valence-electron chi connectivity index (χ0n) is 17.3. The highest BCUT2D eigenvalue weighted by Gasteiger charge is 2.51. The summed E-state index contributed by atoms with van der Waals surface area (Å²) in [5, 5.41) is 0. The second-order valence-electron chi connectivity index (χ2n) is 6.55. The highest BCUT2D eigenvalue weighted by molar-refractivity contribution is 8.29. The highest BCUT2D eigenvalue weighted by atomic mass is 32.8. The first-order valence-electron chi connectivity index (χ1n) is 8.95. The van der Waals surface area contributed by atoms with Crippen LogP contribution in [-0.2, 0) is 67.0 Å². The van der Waals surface area contributed by atoms with Crippen LogP contribution in [0.4, 0.5) is 0 Å². The molecular weight excluding hydrogens is 444 g/mol. The van der Waals surface area contributed by atoms with Crippen molar-refractivity contribution in [1.29, 1.82) is 0 Å². The number of carbonyl (C=O) groups excluding carboxylic acids is 4. The minimum Gasteiger partial charge on any atom is -0.463 e. The lowest BCUT2D eigenvalue weighted by molar-refractivity contribution is -0.253. The summed E-state index contributed by atoms with van der Waals surface area (Å²) in [6.45, 7) is 4.16. The van der Waals surface area contributed by atoms with Crippen LogP contribution in [0.3, 0.4) is 0 Å². The fourth-order valence-electron chi connectivity index (χ4n) is 2.87. The van der Waals surface area contributed by atoms with Crippen LogP contribution in [0.15, 0.2) is 0 Å². The predicted molar refractivity (Wildman–Crippen MR) is 104 cm³/mol. The summed E-state index contributed by atoms with van der Waals surface area (Å²) in [5.41, 5.74) is 0. The molecule has 1 heterocycles. The van der Waals surface area contributed by atoms with Gasteiger partial charge in [0, 0.05) is 51.6 Å². The summed E-state index contributed by atoms with van der Waals surface area (Å²) in [7, 11) is -2.91. The van der Waals surface area contributed by atoms with Gasteiger partial charge in [-0.05, 0) is 0 Å². The number of hydrogen-bond acceptors (Lipinski definition) is 12. The van der Waals surface area contributed by atoms with Crippen molar-refractivity contribution in [2.45, 2.75) is 64.6 Å². The van der Waals surface area contributed by atoms with Crippen LogP contribution < -0.4 is 0 Å². The molecule has 30 heavy (non-hydrogen) atoms. The first kappa shape index (κ1) is 26.2. The van der Waals surface area contributed by atoms with Gasteiger partial charge in [0.25, 0.3) is 0 Å². The van der Waals surface area contributed by atoms with Crippen LogP contribution in [0.25, 0.3) is 0 Å². The van der Waals surface area contributed by atoms with E-state index in [2.05, 4.69) is 11.2 Å². The molecule has 6 atom stereocenters. The lowest BCUT2D eigenvalue weighted by Crippen LogP contribution is -2.62. The minimum atomic E-state index is -2.91. The maximum atomic E-state index is 11.7. The Morgan fingerprint density at radius 2 is 1.30 bits per heavy atom. The van der Waals surface area contributed by atoms with E-state index in [1.54, 1.807) is 0 Å². The lowest BCUT2D eigenvalue weighted by Gasteiger charge is -2.44. The normalized spacial score (nSPS) is 28.0. The molecule has 0 aromatic carbocycles. The first-order chi connectivity index (χ1) is 13.8. The largest absolute Gasteiger partial charge is 0.463 e. The summed E-state index contributed by atoms with van der Waals surface area (Å²) in [4.78, 5) is 46.2. The van der Waals surface area contributed by atoms with Crippen LogP contribution >= 0.6 is 0 Å². The average molecular weight is 471 g/mol. The molecule has 0 bridgehead atoms. The van der Waals surface area contributed by atoms with Gasteiger partial charge in [-0.2, -0.15) is 0 Å². The molecule has 0 saturated carbocycles. The maximum Gasteiger partial charge on any atom is 0.303 e.